The summed E-state index contributed by atoms with van der Waals surface area (Å²) < 4.78 is 66.8. The molecular formula is C58H114O12. The smallest absolute Gasteiger partial charge is 0.104 e. The Labute approximate surface area is 431 Å². The average Bonchev–Trinajstić information content (AvgIpc) is 4.33. The van der Waals surface area contributed by atoms with Crippen molar-refractivity contribution in [1.29, 1.82) is 0 Å². The third-order valence-corrected chi connectivity index (χ3v) is 13.3. The maximum Gasteiger partial charge on any atom is 0.104 e. The molecule has 0 spiro atoms. The summed E-state index contributed by atoms with van der Waals surface area (Å²) in [5.74, 6) is 0. The van der Waals surface area contributed by atoms with Crippen molar-refractivity contribution in [2.45, 2.75) is 237 Å². The zero-order valence-electron chi connectivity index (χ0n) is 45.8. The Morgan fingerprint density at radius 2 is 0.514 bits per heavy atom. The topological polar surface area (TPSA) is 117 Å². The normalized spacial score (nSPS) is 15.9. The molecule has 0 radical (unpaired) electrons. The second kappa shape index (κ2) is 56.3. The largest absolute Gasteiger partial charge is 0.377 e. The molecule has 2 aliphatic rings. The van der Waals surface area contributed by atoms with Crippen molar-refractivity contribution in [3.63, 3.8) is 0 Å². The van der Waals surface area contributed by atoms with Crippen LogP contribution in [0.3, 0.4) is 0 Å². The SMILES string of the molecule is CCCCCCCCCCCCCCCCCCCCCCCCCCCCCCCCCCC(COCCOCCOCCOCCOCCOCCOCCOCCOCC1CO1)OCC1CO1. The van der Waals surface area contributed by atoms with Crippen LogP contribution in [0.15, 0.2) is 0 Å². The van der Waals surface area contributed by atoms with E-state index in [1.54, 1.807) is 0 Å². The van der Waals surface area contributed by atoms with E-state index in [0.717, 1.165) is 19.6 Å². The lowest BCUT2D eigenvalue weighted by Crippen LogP contribution is -2.23. The monoisotopic (exact) mass is 1000 g/mol. The van der Waals surface area contributed by atoms with Gasteiger partial charge in [-0.25, -0.2) is 0 Å². The van der Waals surface area contributed by atoms with E-state index in [0.29, 0.717) is 132 Å². The van der Waals surface area contributed by atoms with Gasteiger partial charge in [-0.3, -0.25) is 0 Å². The standard InChI is InChI=1S/C58H114O12/c1-2-3-4-5-6-7-8-9-10-11-12-13-14-15-16-17-18-19-20-21-22-23-24-25-26-27-28-29-30-31-32-33-34-56(68-54-58-55-70-58)51-66-49-47-64-45-43-62-41-39-60-37-35-59-36-38-61-40-42-63-44-46-65-48-50-67-52-57-53-69-57/h56-58H,2-55H2,1H3. The zero-order chi connectivity index (χ0) is 49.4. The van der Waals surface area contributed by atoms with Crippen LogP contribution < -0.4 is 0 Å². The van der Waals surface area contributed by atoms with Gasteiger partial charge >= 0.3 is 0 Å². The fraction of sp³-hybridized carbons (Fsp3) is 1.00. The fourth-order valence-electron chi connectivity index (χ4n) is 8.62. The highest BCUT2D eigenvalue weighted by molar-refractivity contribution is 4.70. The minimum absolute atomic E-state index is 0.130. The minimum atomic E-state index is 0.130. The van der Waals surface area contributed by atoms with Crippen molar-refractivity contribution in [3.8, 4) is 0 Å². The van der Waals surface area contributed by atoms with Gasteiger partial charge in [0.25, 0.3) is 0 Å². The third-order valence-electron chi connectivity index (χ3n) is 13.3. The first-order valence-electron chi connectivity index (χ1n) is 29.9. The van der Waals surface area contributed by atoms with Crippen molar-refractivity contribution in [2.75, 3.05) is 139 Å². The third kappa shape index (κ3) is 53.8. The molecule has 0 N–H and O–H groups in total. The molecule has 12 heteroatoms. The number of epoxide rings is 2. The van der Waals surface area contributed by atoms with Crippen LogP contribution in [0.25, 0.3) is 0 Å². The van der Waals surface area contributed by atoms with E-state index in [-0.39, 0.29) is 12.2 Å². The average molecular weight is 1000 g/mol. The molecule has 0 bridgehead atoms. The summed E-state index contributed by atoms with van der Waals surface area (Å²) in [7, 11) is 0. The van der Waals surface area contributed by atoms with E-state index in [1.165, 1.54) is 205 Å². The fourth-order valence-corrected chi connectivity index (χ4v) is 8.62. The molecule has 0 saturated carbocycles. The molecule has 0 aromatic heterocycles. The summed E-state index contributed by atoms with van der Waals surface area (Å²) in [5.41, 5.74) is 0. The van der Waals surface area contributed by atoms with Crippen LogP contribution in [-0.2, 0) is 56.8 Å². The number of hydrogen-bond acceptors (Lipinski definition) is 12. The Hall–Kier alpha value is -0.480. The van der Waals surface area contributed by atoms with Gasteiger partial charge in [0.1, 0.15) is 12.2 Å². The summed E-state index contributed by atoms with van der Waals surface area (Å²) in [6.07, 6.45) is 47.6. The van der Waals surface area contributed by atoms with Crippen molar-refractivity contribution in [1.82, 2.24) is 0 Å². The maximum atomic E-state index is 6.15. The number of unbranched alkanes of at least 4 members (excludes halogenated alkanes) is 31. The Morgan fingerprint density at radius 3 is 0.786 bits per heavy atom. The summed E-state index contributed by atoms with van der Waals surface area (Å²) in [4.78, 5) is 0. The first-order chi connectivity index (χ1) is 34.9. The van der Waals surface area contributed by atoms with Gasteiger partial charge in [0, 0.05) is 0 Å². The van der Waals surface area contributed by atoms with Crippen molar-refractivity contribution in [3.05, 3.63) is 0 Å². The highest BCUT2D eigenvalue weighted by Gasteiger charge is 2.24. The Balaban J connectivity index is 1.20. The van der Waals surface area contributed by atoms with E-state index in [9.17, 15) is 0 Å². The highest BCUT2D eigenvalue weighted by Crippen LogP contribution is 2.18. The number of rotatable bonds is 64. The molecule has 12 nitrogen and oxygen atoms in total. The molecule has 2 aliphatic heterocycles. The van der Waals surface area contributed by atoms with Gasteiger partial charge in [-0.15, -0.1) is 0 Å². The molecule has 418 valence electrons. The van der Waals surface area contributed by atoms with Crippen molar-refractivity contribution in [2.24, 2.45) is 0 Å². The lowest BCUT2D eigenvalue weighted by Gasteiger charge is -2.18. The molecule has 2 saturated heterocycles. The maximum absolute atomic E-state index is 6.15. The quantitative estimate of drug-likeness (QED) is 0.0426. The van der Waals surface area contributed by atoms with Gasteiger partial charge in [-0.2, -0.15) is 0 Å². The van der Waals surface area contributed by atoms with E-state index >= 15 is 0 Å². The van der Waals surface area contributed by atoms with Crippen LogP contribution in [0, 0.1) is 0 Å². The molecule has 0 aromatic carbocycles. The zero-order valence-corrected chi connectivity index (χ0v) is 45.8. The van der Waals surface area contributed by atoms with Crippen LogP contribution in [0.5, 0.6) is 0 Å². The van der Waals surface area contributed by atoms with Crippen LogP contribution in [0.4, 0.5) is 0 Å². The van der Waals surface area contributed by atoms with Crippen LogP contribution in [0.2, 0.25) is 0 Å². The van der Waals surface area contributed by atoms with E-state index in [1.807, 2.05) is 0 Å². The van der Waals surface area contributed by atoms with E-state index in [4.69, 9.17) is 56.8 Å². The lowest BCUT2D eigenvalue weighted by molar-refractivity contribution is -0.0452. The molecule has 2 heterocycles. The van der Waals surface area contributed by atoms with Crippen LogP contribution >= 0.6 is 0 Å². The lowest BCUT2D eigenvalue weighted by atomic mass is 10.0. The molecule has 2 rings (SSSR count). The van der Waals surface area contributed by atoms with E-state index < -0.39 is 0 Å². The molecule has 2 fully saturated rings. The van der Waals surface area contributed by atoms with Gasteiger partial charge in [0.15, 0.2) is 0 Å². The predicted molar refractivity (Wildman–Crippen MR) is 285 cm³/mol. The van der Waals surface area contributed by atoms with E-state index in [2.05, 4.69) is 6.92 Å². The Morgan fingerprint density at radius 1 is 0.286 bits per heavy atom. The summed E-state index contributed by atoms with van der Waals surface area (Å²) in [6, 6.07) is 0. The second-order valence-electron chi connectivity index (χ2n) is 20.1. The highest BCUT2D eigenvalue weighted by atomic mass is 16.6. The van der Waals surface area contributed by atoms with Gasteiger partial charge in [0.05, 0.1) is 145 Å². The first kappa shape index (κ1) is 65.6. The van der Waals surface area contributed by atoms with Crippen LogP contribution in [0.1, 0.15) is 219 Å². The second-order valence-corrected chi connectivity index (χ2v) is 20.1. The molecule has 3 unspecified atom stereocenters. The molecule has 70 heavy (non-hydrogen) atoms. The number of hydrogen-bond donors (Lipinski definition) is 0. The number of ether oxygens (including phenoxy) is 12. The van der Waals surface area contributed by atoms with Gasteiger partial charge in [-0.05, 0) is 6.42 Å². The van der Waals surface area contributed by atoms with Crippen molar-refractivity contribution < 1.29 is 56.8 Å². The predicted octanol–water partition coefficient (Wildman–Crippen LogP) is 13.2. The van der Waals surface area contributed by atoms with Gasteiger partial charge in [-0.1, -0.05) is 212 Å². The Kier molecular flexibility index (Phi) is 52.7. The van der Waals surface area contributed by atoms with Gasteiger partial charge in [0.2, 0.25) is 0 Å². The Bertz CT molecular complexity index is 973. The summed E-state index contributed by atoms with van der Waals surface area (Å²) in [6.45, 7) is 14.6. The van der Waals surface area contributed by atoms with Crippen molar-refractivity contribution >= 4 is 0 Å². The summed E-state index contributed by atoms with van der Waals surface area (Å²) in [5, 5.41) is 0. The minimum Gasteiger partial charge on any atom is -0.377 e. The molecule has 0 aliphatic carbocycles. The molecular weight excluding hydrogens is 889 g/mol. The molecule has 0 amide bonds. The molecule has 0 aromatic rings. The molecule has 3 atom stereocenters. The van der Waals surface area contributed by atoms with Crippen LogP contribution in [-0.4, -0.2) is 157 Å². The van der Waals surface area contributed by atoms with Gasteiger partial charge < -0.3 is 56.8 Å². The first-order valence-corrected chi connectivity index (χ1v) is 29.9. The summed E-state index contributed by atoms with van der Waals surface area (Å²) >= 11 is 0.